The number of ether oxygens (including phenoxy) is 2. The van der Waals surface area contributed by atoms with Gasteiger partial charge in [-0.2, -0.15) is 0 Å². The molecular formula is C20H26N2O5S2. The summed E-state index contributed by atoms with van der Waals surface area (Å²) in [5, 5.41) is 2.78. The number of rotatable bonds is 11. The number of carbonyl (C=O) groups excluding carboxylic acids is 1. The molecule has 1 N–H and O–H groups in total. The molecule has 158 valence electrons. The Bertz CT molecular complexity index is 904. The van der Waals surface area contributed by atoms with E-state index >= 15 is 0 Å². The minimum atomic E-state index is -3.69. The van der Waals surface area contributed by atoms with E-state index in [9.17, 15) is 13.2 Å². The molecule has 2 aromatic rings. The molecule has 2 aromatic carbocycles. The summed E-state index contributed by atoms with van der Waals surface area (Å²) in [6.07, 6.45) is 1.83. The van der Waals surface area contributed by atoms with Gasteiger partial charge in [0.1, 0.15) is 18.0 Å². The summed E-state index contributed by atoms with van der Waals surface area (Å²) in [7, 11) is -0.749. The van der Waals surface area contributed by atoms with Crippen molar-refractivity contribution in [2.75, 3.05) is 43.6 Å². The van der Waals surface area contributed by atoms with Gasteiger partial charge in [0.05, 0.1) is 26.2 Å². The van der Waals surface area contributed by atoms with Gasteiger partial charge in [-0.05, 0) is 36.4 Å². The van der Waals surface area contributed by atoms with E-state index in [0.29, 0.717) is 18.0 Å². The van der Waals surface area contributed by atoms with Crippen molar-refractivity contribution in [3.63, 3.8) is 0 Å². The molecule has 7 nitrogen and oxygen atoms in total. The second-order valence-electron chi connectivity index (χ2n) is 6.17. The second-order valence-corrected chi connectivity index (χ2v) is 9.25. The molecule has 0 aliphatic carbocycles. The van der Waals surface area contributed by atoms with Gasteiger partial charge in [0.2, 0.25) is 15.9 Å². The van der Waals surface area contributed by atoms with Crippen LogP contribution in [-0.4, -0.2) is 53.6 Å². The van der Waals surface area contributed by atoms with Crippen molar-refractivity contribution in [1.82, 2.24) is 5.32 Å². The SMILES string of the molecule is COc1ccc(N(CC(=O)NCCCSc2ccccc2)S(C)(=O)=O)c(OC)c1. The lowest BCUT2D eigenvalue weighted by molar-refractivity contribution is -0.119. The topological polar surface area (TPSA) is 84.9 Å². The van der Waals surface area contributed by atoms with Gasteiger partial charge in [-0.1, -0.05) is 18.2 Å². The van der Waals surface area contributed by atoms with Crippen LogP contribution in [0, 0.1) is 0 Å². The van der Waals surface area contributed by atoms with Gasteiger partial charge in [-0.25, -0.2) is 8.42 Å². The first kappa shape index (κ1) is 22.9. The molecule has 29 heavy (non-hydrogen) atoms. The van der Waals surface area contributed by atoms with E-state index in [4.69, 9.17) is 9.47 Å². The molecule has 0 fully saturated rings. The number of nitrogens with one attached hydrogen (secondary N) is 1. The molecule has 0 aliphatic heterocycles. The van der Waals surface area contributed by atoms with E-state index in [1.807, 2.05) is 30.3 Å². The summed E-state index contributed by atoms with van der Waals surface area (Å²) in [5.41, 5.74) is 0.283. The molecule has 0 aromatic heterocycles. The minimum absolute atomic E-state index is 0.283. The smallest absolute Gasteiger partial charge is 0.240 e. The van der Waals surface area contributed by atoms with Crippen molar-refractivity contribution < 1.29 is 22.7 Å². The van der Waals surface area contributed by atoms with Crippen LogP contribution in [-0.2, 0) is 14.8 Å². The number of nitrogens with zero attached hydrogens (tertiary/aromatic N) is 1. The van der Waals surface area contributed by atoms with Gasteiger partial charge < -0.3 is 14.8 Å². The molecule has 9 heteroatoms. The molecule has 0 unspecified atom stereocenters. The van der Waals surface area contributed by atoms with Crippen molar-refractivity contribution >= 4 is 33.4 Å². The molecule has 0 spiro atoms. The Labute approximate surface area is 176 Å². The summed E-state index contributed by atoms with van der Waals surface area (Å²) < 4.78 is 36.0. The molecule has 0 saturated carbocycles. The zero-order valence-electron chi connectivity index (χ0n) is 16.8. The molecule has 2 rings (SSSR count). The van der Waals surface area contributed by atoms with Crippen LogP contribution in [0.1, 0.15) is 6.42 Å². The lowest BCUT2D eigenvalue weighted by atomic mass is 10.2. The number of hydrogen-bond acceptors (Lipinski definition) is 6. The lowest BCUT2D eigenvalue weighted by Gasteiger charge is -2.24. The van der Waals surface area contributed by atoms with Crippen LogP contribution in [0.25, 0.3) is 0 Å². The van der Waals surface area contributed by atoms with Crippen LogP contribution >= 0.6 is 11.8 Å². The third-order valence-electron chi connectivity index (χ3n) is 4.00. The van der Waals surface area contributed by atoms with Crippen molar-refractivity contribution in [3.05, 3.63) is 48.5 Å². The Morgan fingerprint density at radius 2 is 1.83 bits per heavy atom. The number of thioether (sulfide) groups is 1. The van der Waals surface area contributed by atoms with Gasteiger partial charge in [-0.3, -0.25) is 9.10 Å². The number of carbonyl (C=O) groups is 1. The third-order valence-corrected chi connectivity index (χ3v) is 6.22. The average molecular weight is 439 g/mol. The fourth-order valence-corrected chi connectivity index (χ4v) is 4.30. The van der Waals surface area contributed by atoms with Crippen LogP contribution in [0.15, 0.2) is 53.4 Å². The van der Waals surface area contributed by atoms with E-state index in [0.717, 1.165) is 22.7 Å². The van der Waals surface area contributed by atoms with Crippen LogP contribution in [0.2, 0.25) is 0 Å². The summed E-state index contributed by atoms with van der Waals surface area (Å²) in [6, 6.07) is 14.8. The van der Waals surface area contributed by atoms with Gasteiger partial charge in [0.25, 0.3) is 0 Å². The number of sulfonamides is 1. The summed E-state index contributed by atoms with van der Waals surface area (Å²) >= 11 is 1.71. The van der Waals surface area contributed by atoms with E-state index in [2.05, 4.69) is 5.32 Å². The molecule has 0 saturated heterocycles. The number of hydrogen-bond donors (Lipinski definition) is 1. The van der Waals surface area contributed by atoms with E-state index in [1.165, 1.54) is 19.1 Å². The highest BCUT2D eigenvalue weighted by molar-refractivity contribution is 7.99. The third kappa shape index (κ3) is 7.17. The zero-order valence-corrected chi connectivity index (χ0v) is 18.4. The predicted octanol–water partition coefficient (Wildman–Crippen LogP) is 2.77. The molecular weight excluding hydrogens is 412 g/mol. The van der Waals surface area contributed by atoms with Crippen LogP contribution < -0.4 is 19.1 Å². The Balaban J connectivity index is 1.94. The maximum absolute atomic E-state index is 12.3. The largest absolute Gasteiger partial charge is 0.497 e. The molecule has 0 atom stereocenters. The Hall–Kier alpha value is -2.39. The minimum Gasteiger partial charge on any atom is -0.497 e. The molecule has 0 aliphatic rings. The van der Waals surface area contributed by atoms with Gasteiger partial charge >= 0.3 is 0 Å². The Morgan fingerprint density at radius 1 is 1.10 bits per heavy atom. The summed E-state index contributed by atoms with van der Waals surface area (Å²) in [5.74, 6) is 1.31. The monoisotopic (exact) mass is 438 g/mol. The Morgan fingerprint density at radius 3 is 2.45 bits per heavy atom. The highest BCUT2D eigenvalue weighted by atomic mass is 32.2. The maximum atomic E-state index is 12.3. The van der Waals surface area contributed by atoms with Crippen molar-refractivity contribution in [2.45, 2.75) is 11.3 Å². The first-order valence-electron chi connectivity index (χ1n) is 8.99. The Kier molecular flexibility index (Phi) is 8.66. The normalized spacial score (nSPS) is 11.0. The van der Waals surface area contributed by atoms with Crippen LogP contribution in [0.3, 0.4) is 0 Å². The number of anilines is 1. The van der Waals surface area contributed by atoms with Crippen LogP contribution in [0.4, 0.5) is 5.69 Å². The predicted molar refractivity (Wildman–Crippen MR) is 117 cm³/mol. The molecule has 1 amide bonds. The van der Waals surface area contributed by atoms with Crippen molar-refractivity contribution in [3.8, 4) is 11.5 Å². The van der Waals surface area contributed by atoms with Crippen molar-refractivity contribution in [2.24, 2.45) is 0 Å². The van der Waals surface area contributed by atoms with Gasteiger partial charge in [0, 0.05) is 17.5 Å². The zero-order chi connectivity index (χ0) is 21.3. The lowest BCUT2D eigenvalue weighted by Crippen LogP contribution is -2.40. The van der Waals surface area contributed by atoms with Gasteiger partial charge in [-0.15, -0.1) is 11.8 Å². The highest BCUT2D eigenvalue weighted by Gasteiger charge is 2.24. The summed E-state index contributed by atoms with van der Waals surface area (Å²) in [6.45, 7) is 0.142. The first-order valence-corrected chi connectivity index (χ1v) is 11.8. The number of benzene rings is 2. The van der Waals surface area contributed by atoms with E-state index in [-0.39, 0.29) is 18.1 Å². The molecule has 0 bridgehead atoms. The fraction of sp³-hybridized carbons (Fsp3) is 0.350. The molecule has 0 radical (unpaired) electrons. The number of amides is 1. The second kappa shape index (κ2) is 11.0. The molecule has 0 heterocycles. The highest BCUT2D eigenvalue weighted by Crippen LogP contribution is 2.33. The van der Waals surface area contributed by atoms with Crippen LogP contribution in [0.5, 0.6) is 11.5 Å². The summed E-state index contributed by atoms with van der Waals surface area (Å²) in [4.78, 5) is 13.5. The first-order chi connectivity index (χ1) is 13.8. The van der Waals surface area contributed by atoms with Gasteiger partial charge in [0.15, 0.2) is 0 Å². The van der Waals surface area contributed by atoms with Crippen molar-refractivity contribution in [1.29, 1.82) is 0 Å². The standard InChI is InChI=1S/C20H26N2O5S2/c1-26-16-10-11-18(19(14-16)27-2)22(29(3,24)25)15-20(23)21-12-7-13-28-17-8-5-4-6-9-17/h4-6,8-11,14H,7,12-13,15H2,1-3H3,(H,21,23). The quantitative estimate of drug-likeness (QED) is 0.429. The maximum Gasteiger partial charge on any atom is 0.240 e. The van der Waals surface area contributed by atoms with E-state index < -0.39 is 10.0 Å². The average Bonchev–Trinajstić information content (AvgIpc) is 2.71. The fourth-order valence-electron chi connectivity index (χ4n) is 2.57. The number of methoxy groups -OCH3 is 2. The van der Waals surface area contributed by atoms with E-state index in [1.54, 1.807) is 30.0 Å².